The van der Waals surface area contributed by atoms with Gasteiger partial charge >= 0.3 is 0 Å². The van der Waals surface area contributed by atoms with Gasteiger partial charge in [0.05, 0.1) is 13.2 Å². The number of hydrogen-bond acceptors (Lipinski definition) is 3. The Morgan fingerprint density at radius 2 is 1.77 bits per heavy atom. The monoisotopic (exact) mass is 353 g/mol. The molecule has 0 aromatic heterocycles. The van der Waals surface area contributed by atoms with Crippen molar-refractivity contribution in [1.82, 2.24) is 4.90 Å². The summed E-state index contributed by atoms with van der Waals surface area (Å²) in [6.45, 7) is 3.49. The summed E-state index contributed by atoms with van der Waals surface area (Å²) in [5.74, 6) is 1.26. The van der Waals surface area contributed by atoms with Crippen LogP contribution in [0.2, 0.25) is 0 Å². The van der Waals surface area contributed by atoms with Gasteiger partial charge in [0.2, 0.25) is 0 Å². The van der Waals surface area contributed by atoms with Crippen LogP contribution >= 0.6 is 0 Å². The zero-order chi connectivity index (χ0) is 18.5. The van der Waals surface area contributed by atoms with Crippen LogP contribution in [0.1, 0.15) is 27.9 Å². The lowest BCUT2D eigenvalue weighted by atomic mass is 9.88. The van der Waals surface area contributed by atoms with E-state index in [9.17, 15) is 4.79 Å². The molecule has 1 amide bonds. The van der Waals surface area contributed by atoms with Gasteiger partial charge < -0.3 is 14.4 Å². The molecule has 1 aliphatic rings. The van der Waals surface area contributed by atoms with Crippen molar-refractivity contribution in [2.75, 3.05) is 27.3 Å². The molecule has 4 nitrogen and oxygen atoms in total. The Labute approximate surface area is 155 Å². The fraction of sp³-hybridized carbons (Fsp3) is 0.409. The summed E-state index contributed by atoms with van der Waals surface area (Å²) < 4.78 is 10.9. The number of likely N-dealkylation sites (tertiary alicyclic amines) is 1. The minimum absolute atomic E-state index is 0.110. The lowest BCUT2D eigenvalue weighted by molar-refractivity contribution is -0.00299. The summed E-state index contributed by atoms with van der Waals surface area (Å²) in [7, 11) is 3.44. The standard InChI is InChI=1S/C22H27NO3/c1-16-4-8-18(9-5-16)22(24)23-13-12-21(26-3)19(15-23)14-17-6-10-20(25-2)11-7-17/h4-11,19,21H,12-15H2,1-3H3/t19-,21-/m0/s1. The van der Waals surface area contributed by atoms with E-state index in [2.05, 4.69) is 12.1 Å². The van der Waals surface area contributed by atoms with E-state index in [0.29, 0.717) is 0 Å². The average molecular weight is 353 g/mol. The van der Waals surface area contributed by atoms with E-state index in [0.717, 1.165) is 42.8 Å². The Morgan fingerprint density at radius 1 is 1.08 bits per heavy atom. The van der Waals surface area contributed by atoms with Gasteiger partial charge in [-0.05, 0) is 49.6 Å². The smallest absolute Gasteiger partial charge is 0.253 e. The van der Waals surface area contributed by atoms with E-state index >= 15 is 0 Å². The zero-order valence-corrected chi connectivity index (χ0v) is 15.8. The van der Waals surface area contributed by atoms with Crippen molar-refractivity contribution in [3.05, 3.63) is 65.2 Å². The van der Waals surface area contributed by atoms with E-state index < -0.39 is 0 Å². The quantitative estimate of drug-likeness (QED) is 0.822. The van der Waals surface area contributed by atoms with Gasteiger partial charge in [0, 0.05) is 31.7 Å². The molecule has 2 aromatic rings. The normalized spacial score (nSPS) is 20.0. The number of methoxy groups -OCH3 is 2. The number of carbonyl (C=O) groups is 1. The van der Waals surface area contributed by atoms with E-state index in [-0.39, 0.29) is 17.9 Å². The van der Waals surface area contributed by atoms with E-state index in [1.807, 2.05) is 48.2 Å². The Morgan fingerprint density at radius 3 is 2.38 bits per heavy atom. The molecule has 2 aromatic carbocycles. The Bertz CT molecular complexity index is 724. The number of amides is 1. The second-order valence-electron chi connectivity index (χ2n) is 6.99. The van der Waals surface area contributed by atoms with Crippen LogP contribution in [0.25, 0.3) is 0 Å². The van der Waals surface area contributed by atoms with Gasteiger partial charge in [-0.1, -0.05) is 29.8 Å². The van der Waals surface area contributed by atoms with Crippen molar-refractivity contribution in [1.29, 1.82) is 0 Å². The molecular weight excluding hydrogens is 326 g/mol. The number of piperidine rings is 1. The van der Waals surface area contributed by atoms with Crippen molar-refractivity contribution < 1.29 is 14.3 Å². The van der Waals surface area contributed by atoms with Crippen LogP contribution in [-0.4, -0.2) is 44.2 Å². The maximum absolute atomic E-state index is 12.9. The van der Waals surface area contributed by atoms with Crippen LogP contribution in [0.3, 0.4) is 0 Å². The third-order valence-electron chi connectivity index (χ3n) is 5.21. The van der Waals surface area contributed by atoms with Gasteiger partial charge in [-0.25, -0.2) is 0 Å². The summed E-state index contributed by atoms with van der Waals surface area (Å²) >= 11 is 0. The summed E-state index contributed by atoms with van der Waals surface area (Å²) in [6.07, 6.45) is 1.94. The molecule has 3 rings (SSSR count). The summed E-state index contributed by atoms with van der Waals surface area (Å²) in [4.78, 5) is 14.8. The molecule has 0 N–H and O–H groups in total. The predicted octanol–water partition coefficient (Wildman–Crippen LogP) is 3.72. The number of rotatable bonds is 5. The lowest BCUT2D eigenvalue weighted by Crippen LogP contribution is -2.47. The molecule has 4 heteroatoms. The average Bonchev–Trinajstić information content (AvgIpc) is 2.68. The minimum atomic E-state index is 0.110. The van der Waals surface area contributed by atoms with Gasteiger partial charge in [0.15, 0.2) is 0 Å². The van der Waals surface area contributed by atoms with Crippen molar-refractivity contribution in [3.8, 4) is 5.75 Å². The summed E-state index contributed by atoms with van der Waals surface area (Å²) in [5.41, 5.74) is 3.16. The number of nitrogens with zero attached hydrogens (tertiary/aromatic N) is 1. The lowest BCUT2D eigenvalue weighted by Gasteiger charge is -2.38. The maximum atomic E-state index is 12.9. The molecule has 0 spiro atoms. The Hall–Kier alpha value is -2.33. The molecule has 0 bridgehead atoms. The SMILES string of the molecule is COc1ccc(C[C@H]2CN(C(=O)c3ccc(C)cc3)CC[C@@H]2OC)cc1. The minimum Gasteiger partial charge on any atom is -0.497 e. The third kappa shape index (κ3) is 4.25. The first-order chi connectivity index (χ1) is 12.6. The van der Waals surface area contributed by atoms with E-state index in [1.165, 1.54) is 5.56 Å². The number of hydrogen-bond donors (Lipinski definition) is 0. The zero-order valence-electron chi connectivity index (χ0n) is 15.8. The molecule has 1 fully saturated rings. The Kier molecular flexibility index (Phi) is 5.94. The van der Waals surface area contributed by atoms with Gasteiger partial charge in [0.25, 0.3) is 5.91 Å². The van der Waals surface area contributed by atoms with Crippen LogP contribution in [-0.2, 0) is 11.2 Å². The first-order valence-corrected chi connectivity index (χ1v) is 9.12. The highest BCUT2D eigenvalue weighted by Crippen LogP contribution is 2.25. The van der Waals surface area contributed by atoms with Crippen molar-refractivity contribution >= 4 is 5.91 Å². The van der Waals surface area contributed by atoms with E-state index in [1.54, 1.807) is 14.2 Å². The Balaban J connectivity index is 1.70. The third-order valence-corrected chi connectivity index (χ3v) is 5.21. The molecule has 26 heavy (non-hydrogen) atoms. The van der Waals surface area contributed by atoms with Crippen LogP contribution in [0.4, 0.5) is 0 Å². The molecule has 0 saturated carbocycles. The molecule has 2 atom stereocenters. The number of benzene rings is 2. The number of ether oxygens (including phenoxy) is 2. The van der Waals surface area contributed by atoms with Crippen LogP contribution in [0.15, 0.2) is 48.5 Å². The van der Waals surface area contributed by atoms with Gasteiger partial charge in [0.1, 0.15) is 5.75 Å². The second-order valence-corrected chi connectivity index (χ2v) is 6.99. The maximum Gasteiger partial charge on any atom is 0.253 e. The van der Waals surface area contributed by atoms with Crippen molar-refractivity contribution in [2.24, 2.45) is 5.92 Å². The predicted molar refractivity (Wildman–Crippen MR) is 103 cm³/mol. The first kappa shape index (κ1) is 18.5. The van der Waals surface area contributed by atoms with Crippen LogP contribution in [0, 0.1) is 12.8 Å². The molecule has 1 heterocycles. The molecule has 0 radical (unpaired) electrons. The fourth-order valence-electron chi connectivity index (χ4n) is 3.64. The first-order valence-electron chi connectivity index (χ1n) is 9.12. The summed E-state index contributed by atoms with van der Waals surface area (Å²) in [5, 5.41) is 0. The molecule has 1 aliphatic heterocycles. The molecule has 138 valence electrons. The number of aryl methyl sites for hydroxylation is 1. The van der Waals surface area contributed by atoms with Crippen LogP contribution < -0.4 is 4.74 Å². The molecule has 1 saturated heterocycles. The van der Waals surface area contributed by atoms with Gasteiger partial charge in [-0.3, -0.25) is 4.79 Å². The highest BCUT2D eigenvalue weighted by Gasteiger charge is 2.32. The van der Waals surface area contributed by atoms with Gasteiger partial charge in [-0.2, -0.15) is 0 Å². The second kappa shape index (κ2) is 8.37. The molecule has 0 unspecified atom stereocenters. The van der Waals surface area contributed by atoms with Gasteiger partial charge in [-0.15, -0.1) is 0 Å². The van der Waals surface area contributed by atoms with Crippen molar-refractivity contribution in [2.45, 2.75) is 25.9 Å². The largest absolute Gasteiger partial charge is 0.497 e. The topological polar surface area (TPSA) is 38.8 Å². The molecule has 0 aliphatic carbocycles. The number of carbonyl (C=O) groups excluding carboxylic acids is 1. The van der Waals surface area contributed by atoms with Crippen LogP contribution in [0.5, 0.6) is 5.75 Å². The molecular formula is C22H27NO3. The fourth-order valence-corrected chi connectivity index (χ4v) is 3.64. The highest BCUT2D eigenvalue weighted by molar-refractivity contribution is 5.94. The summed E-state index contributed by atoms with van der Waals surface area (Å²) in [6, 6.07) is 16.0. The van der Waals surface area contributed by atoms with E-state index in [4.69, 9.17) is 9.47 Å². The van der Waals surface area contributed by atoms with Crippen molar-refractivity contribution in [3.63, 3.8) is 0 Å². The highest BCUT2D eigenvalue weighted by atomic mass is 16.5.